The first kappa shape index (κ1) is 10.4. The molecule has 0 aliphatic heterocycles. The Morgan fingerprint density at radius 2 is 1.75 bits per heavy atom. The molecule has 3 nitrogen and oxygen atoms in total. The Hall–Kier alpha value is -2.16. The summed E-state index contributed by atoms with van der Waals surface area (Å²) in [6, 6.07) is 13.2. The van der Waals surface area contributed by atoms with Crippen molar-refractivity contribution < 1.29 is 4.74 Å². The van der Waals surface area contributed by atoms with Crippen LogP contribution in [-0.4, -0.2) is 7.11 Å². The van der Waals surface area contributed by atoms with Crippen LogP contribution in [0.5, 0.6) is 5.75 Å². The highest BCUT2D eigenvalue weighted by Crippen LogP contribution is 2.35. The number of hydrogen-bond donors (Lipinski definition) is 2. The maximum absolute atomic E-state index is 5.96. The molecular formula is C13H14N2O. The van der Waals surface area contributed by atoms with Crippen molar-refractivity contribution in [3.63, 3.8) is 0 Å². The first-order valence-corrected chi connectivity index (χ1v) is 5.01. The van der Waals surface area contributed by atoms with Gasteiger partial charge in [0.15, 0.2) is 0 Å². The Labute approximate surface area is 94.6 Å². The molecule has 0 bridgehead atoms. The van der Waals surface area contributed by atoms with E-state index < -0.39 is 0 Å². The van der Waals surface area contributed by atoms with Gasteiger partial charge in [0.2, 0.25) is 0 Å². The van der Waals surface area contributed by atoms with Gasteiger partial charge >= 0.3 is 0 Å². The lowest BCUT2D eigenvalue weighted by atomic mass is 10.0. The minimum atomic E-state index is 0.685. The lowest BCUT2D eigenvalue weighted by Crippen LogP contribution is -1.95. The molecule has 0 aliphatic carbocycles. The Kier molecular flexibility index (Phi) is 2.68. The summed E-state index contributed by atoms with van der Waals surface area (Å²) in [6.45, 7) is 0. The molecule has 3 heteroatoms. The van der Waals surface area contributed by atoms with Gasteiger partial charge in [0.1, 0.15) is 5.75 Å². The fraction of sp³-hybridized carbons (Fsp3) is 0.0769. The molecule has 0 aliphatic rings. The minimum absolute atomic E-state index is 0.685. The molecule has 0 saturated carbocycles. The molecule has 0 saturated heterocycles. The van der Waals surface area contributed by atoms with Crippen LogP contribution in [0.1, 0.15) is 0 Å². The molecule has 0 fully saturated rings. The van der Waals surface area contributed by atoms with Gasteiger partial charge in [-0.25, -0.2) is 0 Å². The molecule has 2 aromatic rings. The molecule has 0 aromatic heterocycles. The smallest absolute Gasteiger partial charge is 0.128 e. The molecule has 2 aromatic carbocycles. The molecule has 0 spiro atoms. The van der Waals surface area contributed by atoms with Crippen LogP contribution >= 0.6 is 0 Å². The maximum atomic E-state index is 5.96. The van der Waals surface area contributed by atoms with Crippen LogP contribution in [0.15, 0.2) is 42.5 Å². The molecule has 4 N–H and O–H groups in total. The molecule has 16 heavy (non-hydrogen) atoms. The summed E-state index contributed by atoms with van der Waals surface area (Å²) in [7, 11) is 1.63. The number of benzene rings is 2. The highest BCUT2D eigenvalue weighted by atomic mass is 16.5. The first-order valence-electron chi connectivity index (χ1n) is 5.01. The van der Waals surface area contributed by atoms with Crippen molar-refractivity contribution in [3.05, 3.63) is 42.5 Å². The summed E-state index contributed by atoms with van der Waals surface area (Å²) in [6.07, 6.45) is 0. The first-order chi connectivity index (χ1) is 7.72. The summed E-state index contributed by atoms with van der Waals surface area (Å²) < 4.78 is 5.30. The third-order valence-electron chi connectivity index (χ3n) is 2.45. The van der Waals surface area contributed by atoms with Crippen molar-refractivity contribution in [2.24, 2.45) is 0 Å². The van der Waals surface area contributed by atoms with Gasteiger partial charge in [-0.3, -0.25) is 0 Å². The highest BCUT2D eigenvalue weighted by molar-refractivity contribution is 5.83. The van der Waals surface area contributed by atoms with E-state index >= 15 is 0 Å². The van der Waals surface area contributed by atoms with Gasteiger partial charge in [-0.05, 0) is 29.8 Å². The zero-order valence-corrected chi connectivity index (χ0v) is 9.10. The van der Waals surface area contributed by atoms with Gasteiger partial charge in [0.05, 0.1) is 7.11 Å². The van der Waals surface area contributed by atoms with E-state index in [-0.39, 0.29) is 0 Å². The normalized spacial score (nSPS) is 10.1. The lowest BCUT2D eigenvalue weighted by Gasteiger charge is -2.11. The average Bonchev–Trinajstić information content (AvgIpc) is 2.28. The highest BCUT2D eigenvalue weighted by Gasteiger charge is 2.09. The second kappa shape index (κ2) is 4.14. The van der Waals surface area contributed by atoms with Crippen LogP contribution < -0.4 is 16.2 Å². The van der Waals surface area contributed by atoms with E-state index in [1.54, 1.807) is 7.11 Å². The zero-order valence-electron chi connectivity index (χ0n) is 9.10. The predicted molar refractivity (Wildman–Crippen MR) is 67.3 cm³/mol. The summed E-state index contributed by atoms with van der Waals surface area (Å²) >= 11 is 0. The van der Waals surface area contributed by atoms with Gasteiger partial charge in [-0.1, -0.05) is 18.2 Å². The van der Waals surface area contributed by atoms with Crippen molar-refractivity contribution in [1.82, 2.24) is 0 Å². The van der Waals surface area contributed by atoms with Crippen LogP contribution in [0.25, 0.3) is 11.1 Å². The SMILES string of the molecule is COc1cccc(N)c1-c1cccc(N)c1. The second-order valence-electron chi connectivity index (χ2n) is 3.55. The predicted octanol–water partition coefficient (Wildman–Crippen LogP) is 2.53. The quantitative estimate of drug-likeness (QED) is 0.755. The molecule has 0 heterocycles. The van der Waals surface area contributed by atoms with Gasteiger partial charge in [-0.2, -0.15) is 0 Å². The van der Waals surface area contributed by atoms with E-state index in [1.165, 1.54) is 0 Å². The summed E-state index contributed by atoms with van der Waals surface area (Å²) in [5, 5.41) is 0. The van der Waals surface area contributed by atoms with Crippen LogP contribution in [-0.2, 0) is 0 Å². The molecule has 0 unspecified atom stereocenters. The molecule has 0 atom stereocenters. The molecule has 0 amide bonds. The van der Waals surface area contributed by atoms with Crippen molar-refractivity contribution in [3.8, 4) is 16.9 Å². The maximum Gasteiger partial charge on any atom is 0.128 e. The van der Waals surface area contributed by atoms with Gasteiger partial charge in [0.25, 0.3) is 0 Å². The summed E-state index contributed by atoms with van der Waals surface area (Å²) in [4.78, 5) is 0. The fourth-order valence-corrected chi connectivity index (χ4v) is 1.72. The number of anilines is 2. The van der Waals surface area contributed by atoms with Gasteiger partial charge < -0.3 is 16.2 Å². The third kappa shape index (κ3) is 1.80. The molecule has 82 valence electrons. The van der Waals surface area contributed by atoms with E-state index in [0.717, 1.165) is 16.9 Å². The Bertz CT molecular complexity index is 509. The largest absolute Gasteiger partial charge is 0.496 e. The molecular weight excluding hydrogens is 200 g/mol. The van der Waals surface area contributed by atoms with Crippen molar-refractivity contribution in [2.45, 2.75) is 0 Å². The standard InChI is InChI=1S/C13H14N2O/c1-16-12-7-3-6-11(15)13(12)9-4-2-5-10(14)8-9/h2-8H,14-15H2,1H3. The monoisotopic (exact) mass is 214 g/mol. The number of hydrogen-bond acceptors (Lipinski definition) is 3. The van der Waals surface area contributed by atoms with E-state index in [2.05, 4.69) is 0 Å². The fourth-order valence-electron chi connectivity index (χ4n) is 1.72. The van der Waals surface area contributed by atoms with E-state index in [0.29, 0.717) is 11.4 Å². The number of nitrogens with two attached hydrogens (primary N) is 2. The number of methoxy groups -OCH3 is 1. The van der Waals surface area contributed by atoms with Crippen LogP contribution in [0.4, 0.5) is 11.4 Å². The van der Waals surface area contributed by atoms with E-state index in [9.17, 15) is 0 Å². The van der Waals surface area contributed by atoms with Crippen LogP contribution in [0, 0.1) is 0 Å². The average molecular weight is 214 g/mol. The molecule has 0 radical (unpaired) electrons. The lowest BCUT2D eigenvalue weighted by molar-refractivity contribution is 0.416. The number of rotatable bonds is 2. The third-order valence-corrected chi connectivity index (χ3v) is 2.45. The summed E-state index contributed by atoms with van der Waals surface area (Å²) in [5.41, 5.74) is 15.0. The van der Waals surface area contributed by atoms with Crippen LogP contribution in [0.2, 0.25) is 0 Å². The number of ether oxygens (including phenoxy) is 1. The van der Waals surface area contributed by atoms with Crippen molar-refractivity contribution in [1.29, 1.82) is 0 Å². The Balaban J connectivity index is 2.63. The molecule has 2 rings (SSSR count). The summed E-state index contributed by atoms with van der Waals surface area (Å²) in [5.74, 6) is 0.755. The van der Waals surface area contributed by atoms with Crippen molar-refractivity contribution in [2.75, 3.05) is 18.6 Å². The topological polar surface area (TPSA) is 61.3 Å². The van der Waals surface area contributed by atoms with E-state index in [1.807, 2.05) is 42.5 Å². The van der Waals surface area contributed by atoms with Gasteiger partial charge in [-0.15, -0.1) is 0 Å². The number of nitrogen functional groups attached to an aromatic ring is 2. The zero-order chi connectivity index (χ0) is 11.5. The minimum Gasteiger partial charge on any atom is -0.496 e. The second-order valence-corrected chi connectivity index (χ2v) is 3.55. The van der Waals surface area contributed by atoms with Crippen molar-refractivity contribution >= 4 is 11.4 Å². The van der Waals surface area contributed by atoms with Gasteiger partial charge in [0, 0.05) is 16.9 Å². The Morgan fingerprint density at radius 3 is 2.44 bits per heavy atom. The van der Waals surface area contributed by atoms with E-state index in [4.69, 9.17) is 16.2 Å². The van der Waals surface area contributed by atoms with Crippen LogP contribution in [0.3, 0.4) is 0 Å². The Morgan fingerprint density at radius 1 is 1.00 bits per heavy atom.